The fourth-order valence-corrected chi connectivity index (χ4v) is 4.07. The molecule has 1 aliphatic heterocycles. The minimum absolute atomic E-state index is 0.0326. The van der Waals surface area contributed by atoms with Crippen LogP contribution in [0.25, 0.3) is 0 Å². The highest BCUT2D eigenvalue weighted by Gasteiger charge is 2.27. The van der Waals surface area contributed by atoms with Gasteiger partial charge in [0.2, 0.25) is 5.91 Å². The second-order valence-corrected chi connectivity index (χ2v) is 7.03. The number of likely N-dealkylation sites (tertiary alicyclic amines) is 1. The first-order chi connectivity index (χ1) is 12.3. The lowest BCUT2D eigenvalue weighted by molar-refractivity contribution is -0.117. The third kappa shape index (κ3) is 3.73. The third-order valence-corrected chi connectivity index (χ3v) is 5.32. The average molecular weight is 343 g/mol. The topological polar surface area (TPSA) is 80.9 Å². The monoisotopic (exact) mass is 343 g/mol. The maximum Gasteiger partial charge on any atom is 0.239 e. The van der Waals surface area contributed by atoms with E-state index in [2.05, 4.69) is 25.4 Å². The molecule has 0 aromatic carbocycles. The Hall–Kier alpha value is -2.22. The smallest absolute Gasteiger partial charge is 0.239 e. The Morgan fingerprint density at radius 2 is 2.08 bits per heavy atom. The quantitative estimate of drug-likeness (QED) is 0.863. The van der Waals surface area contributed by atoms with Gasteiger partial charge in [0.15, 0.2) is 0 Å². The lowest BCUT2D eigenvalue weighted by Gasteiger charge is -2.24. The molecule has 1 aliphatic carbocycles. The van der Waals surface area contributed by atoms with Crippen LogP contribution in [-0.4, -0.2) is 54.5 Å². The van der Waals surface area contributed by atoms with Gasteiger partial charge in [-0.1, -0.05) is 12.8 Å². The van der Waals surface area contributed by atoms with Gasteiger partial charge in [-0.2, -0.15) is 10.2 Å². The molecule has 1 amide bonds. The summed E-state index contributed by atoms with van der Waals surface area (Å²) in [4.78, 5) is 18.8. The summed E-state index contributed by atoms with van der Waals surface area (Å²) in [6, 6.07) is 2.66. The minimum Gasteiger partial charge on any atom is -0.310 e. The van der Waals surface area contributed by atoms with Crippen molar-refractivity contribution in [3.05, 3.63) is 24.9 Å². The van der Waals surface area contributed by atoms with Crippen molar-refractivity contribution in [1.82, 2.24) is 29.4 Å². The van der Waals surface area contributed by atoms with E-state index in [0.717, 1.165) is 44.6 Å². The summed E-state index contributed by atoms with van der Waals surface area (Å²) in [6.07, 6.45) is 12.1. The second kappa shape index (κ2) is 7.35. The normalized spacial score (nSPS) is 21.8. The summed E-state index contributed by atoms with van der Waals surface area (Å²) < 4.78 is 3.83. The zero-order valence-corrected chi connectivity index (χ0v) is 14.4. The van der Waals surface area contributed by atoms with Crippen molar-refractivity contribution in [1.29, 1.82) is 0 Å². The second-order valence-electron chi connectivity index (χ2n) is 7.03. The summed E-state index contributed by atoms with van der Waals surface area (Å²) in [6.45, 7) is 2.15. The molecule has 2 aromatic heterocycles. The molecule has 2 aliphatic rings. The van der Waals surface area contributed by atoms with Gasteiger partial charge in [0.25, 0.3) is 0 Å². The van der Waals surface area contributed by atoms with Crippen LogP contribution in [0.1, 0.15) is 44.6 Å². The molecule has 4 rings (SSSR count). The highest BCUT2D eigenvalue weighted by molar-refractivity contribution is 5.91. The number of nitrogens with one attached hydrogen (secondary N) is 1. The van der Waals surface area contributed by atoms with Crippen molar-refractivity contribution in [2.75, 3.05) is 18.4 Å². The fraction of sp³-hybridized carbons (Fsp3) is 0.647. The zero-order chi connectivity index (χ0) is 17.1. The average Bonchev–Trinajstić information content (AvgIpc) is 3.35. The highest BCUT2D eigenvalue weighted by Crippen LogP contribution is 2.31. The fourth-order valence-electron chi connectivity index (χ4n) is 4.07. The first kappa shape index (κ1) is 16.3. The number of nitrogens with zero attached hydrogens (tertiary/aromatic N) is 6. The molecule has 134 valence electrons. The van der Waals surface area contributed by atoms with Crippen LogP contribution < -0.4 is 5.32 Å². The predicted octanol–water partition coefficient (Wildman–Crippen LogP) is 1.69. The molecular formula is C17H25N7O. The Morgan fingerprint density at radius 1 is 1.20 bits per heavy atom. The van der Waals surface area contributed by atoms with Crippen molar-refractivity contribution in [2.24, 2.45) is 0 Å². The van der Waals surface area contributed by atoms with Crippen LogP contribution in [-0.2, 0) is 11.3 Å². The summed E-state index contributed by atoms with van der Waals surface area (Å²) in [5.41, 5.74) is 0. The Morgan fingerprint density at radius 3 is 2.88 bits per heavy atom. The molecule has 1 saturated carbocycles. The molecule has 1 N–H and O–H groups in total. The molecule has 0 unspecified atom stereocenters. The van der Waals surface area contributed by atoms with E-state index in [0.29, 0.717) is 18.6 Å². The van der Waals surface area contributed by atoms with Crippen molar-refractivity contribution >= 4 is 11.7 Å². The van der Waals surface area contributed by atoms with Gasteiger partial charge in [0, 0.05) is 12.1 Å². The molecule has 0 radical (unpaired) electrons. The van der Waals surface area contributed by atoms with E-state index >= 15 is 0 Å². The number of amides is 1. The maximum absolute atomic E-state index is 12.6. The molecule has 8 heteroatoms. The molecular weight excluding hydrogens is 318 g/mol. The Bertz CT molecular complexity index is 690. The third-order valence-electron chi connectivity index (χ3n) is 5.32. The predicted molar refractivity (Wildman–Crippen MR) is 93.0 cm³/mol. The Balaban J connectivity index is 1.35. The lowest BCUT2D eigenvalue weighted by Crippen LogP contribution is -2.39. The van der Waals surface area contributed by atoms with Crippen LogP contribution in [0.3, 0.4) is 0 Å². The number of anilines is 1. The van der Waals surface area contributed by atoms with Gasteiger partial charge in [-0.25, -0.2) is 9.67 Å². The Labute approximate surface area is 147 Å². The van der Waals surface area contributed by atoms with Gasteiger partial charge in [0.1, 0.15) is 18.5 Å². The molecule has 0 bridgehead atoms. The molecule has 2 aromatic rings. The summed E-state index contributed by atoms with van der Waals surface area (Å²) in [5.74, 6) is 0.856. The van der Waals surface area contributed by atoms with E-state index in [1.165, 1.54) is 12.8 Å². The number of rotatable bonds is 6. The van der Waals surface area contributed by atoms with Crippen LogP contribution >= 0.6 is 0 Å². The first-order valence-corrected chi connectivity index (χ1v) is 9.19. The number of carbonyl (C=O) groups is 1. The molecule has 1 saturated heterocycles. The SMILES string of the molecule is O=C(CN1CCC[C@H]1Cn1cncn1)Nc1ccnn1C1CCCC1. The van der Waals surface area contributed by atoms with Gasteiger partial charge in [-0.05, 0) is 32.2 Å². The number of hydrogen-bond donors (Lipinski definition) is 1. The molecule has 2 fully saturated rings. The van der Waals surface area contributed by atoms with E-state index in [-0.39, 0.29) is 5.91 Å². The van der Waals surface area contributed by atoms with Crippen LogP contribution in [0, 0.1) is 0 Å². The summed E-state index contributed by atoms with van der Waals surface area (Å²) >= 11 is 0. The van der Waals surface area contributed by atoms with E-state index in [1.54, 1.807) is 18.9 Å². The van der Waals surface area contributed by atoms with Crippen molar-refractivity contribution in [2.45, 2.75) is 57.2 Å². The maximum atomic E-state index is 12.6. The number of hydrogen-bond acceptors (Lipinski definition) is 5. The number of aromatic nitrogens is 5. The first-order valence-electron chi connectivity index (χ1n) is 9.19. The van der Waals surface area contributed by atoms with E-state index in [1.807, 2.05) is 15.4 Å². The molecule has 1 atom stereocenters. The van der Waals surface area contributed by atoms with Crippen LogP contribution in [0.15, 0.2) is 24.9 Å². The van der Waals surface area contributed by atoms with Crippen LogP contribution in [0.2, 0.25) is 0 Å². The number of carbonyl (C=O) groups excluding carboxylic acids is 1. The summed E-state index contributed by atoms with van der Waals surface area (Å²) in [5, 5.41) is 11.7. The van der Waals surface area contributed by atoms with E-state index in [9.17, 15) is 4.79 Å². The minimum atomic E-state index is 0.0326. The Kier molecular flexibility index (Phi) is 4.78. The largest absolute Gasteiger partial charge is 0.310 e. The summed E-state index contributed by atoms with van der Waals surface area (Å²) in [7, 11) is 0. The van der Waals surface area contributed by atoms with Crippen molar-refractivity contribution < 1.29 is 4.79 Å². The van der Waals surface area contributed by atoms with Crippen LogP contribution in [0.4, 0.5) is 5.82 Å². The van der Waals surface area contributed by atoms with Gasteiger partial charge >= 0.3 is 0 Å². The molecule has 8 nitrogen and oxygen atoms in total. The van der Waals surface area contributed by atoms with Crippen molar-refractivity contribution in [3.8, 4) is 0 Å². The van der Waals surface area contributed by atoms with E-state index < -0.39 is 0 Å². The van der Waals surface area contributed by atoms with Gasteiger partial charge < -0.3 is 5.32 Å². The molecule has 25 heavy (non-hydrogen) atoms. The van der Waals surface area contributed by atoms with Gasteiger partial charge in [-0.15, -0.1) is 0 Å². The van der Waals surface area contributed by atoms with Crippen LogP contribution in [0.5, 0.6) is 0 Å². The lowest BCUT2D eigenvalue weighted by atomic mass is 10.2. The highest BCUT2D eigenvalue weighted by atomic mass is 16.2. The van der Waals surface area contributed by atoms with Crippen molar-refractivity contribution in [3.63, 3.8) is 0 Å². The zero-order valence-electron chi connectivity index (χ0n) is 14.4. The standard InChI is InChI=1S/C17H25N7O/c25-17(21-16-7-8-19-24(16)14-4-1-2-5-14)11-22-9-3-6-15(22)10-23-13-18-12-20-23/h7-8,12-15H,1-6,9-11H2,(H,21,25)/t15-/m0/s1. The van der Waals surface area contributed by atoms with E-state index in [4.69, 9.17) is 0 Å². The van der Waals surface area contributed by atoms with Gasteiger partial charge in [0.05, 0.1) is 25.3 Å². The molecule has 3 heterocycles. The molecule has 0 spiro atoms. The van der Waals surface area contributed by atoms with Gasteiger partial charge in [-0.3, -0.25) is 14.4 Å².